The van der Waals surface area contributed by atoms with E-state index in [9.17, 15) is 0 Å². The van der Waals surface area contributed by atoms with E-state index in [1.54, 1.807) is 0 Å². The van der Waals surface area contributed by atoms with E-state index in [4.69, 9.17) is 10.3 Å². The van der Waals surface area contributed by atoms with Crippen molar-refractivity contribution in [2.24, 2.45) is 35.3 Å². The molecule has 1 aromatic heterocycles. The summed E-state index contributed by atoms with van der Waals surface area (Å²) in [4.78, 5) is 4.36. The average molecular weight is 275 g/mol. The zero-order valence-electron chi connectivity index (χ0n) is 12.5. The maximum atomic E-state index is 6.55. The Kier molecular flexibility index (Phi) is 2.75. The van der Waals surface area contributed by atoms with Crippen molar-refractivity contribution in [3.05, 3.63) is 11.7 Å². The smallest absolute Gasteiger partial charge is 0.223 e. The van der Waals surface area contributed by atoms with Crippen molar-refractivity contribution in [2.75, 3.05) is 0 Å². The molecule has 1 heterocycles. The van der Waals surface area contributed by atoms with Crippen LogP contribution < -0.4 is 5.73 Å². The molecule has 4 aliphatic carbocycles. The molecule has 110 valence electrons. The van der Waals surface area contributed by atoms with Gasteiger partial charge in [0.25, 0.3) is 0 Å². The van der Waals surface area contributed by atoms with E-state index in [-0.39, 0.29) is 0 Å². The van der Waals surface area contributed by atoms with Gasteiger partial charge >= 0.3 is 0 Å². The summed E-state index contributed by atoms with van der Waals surface area (Å²) in [6.07, 6.45) is 8.29. The molecule has 4 bridgehead atoms. The van der Waals surface area contributed by atoms with Crippen LogP contribution in [0.4, 0.5) is 0 Å². The number of rotatable bonds is 3. The molecule has 20 heavy (non-hydrogen) atoms. The average Bonchev–Trinajstić information content (AvgIpc) is 2.80. The van der Waals surface area contributed by atoms with Gasteiger partial charge < -0.3 is 10.3 Å². The second-order valence-corrected chi connectivity index (χ2v) is 7.85. The van der Waals surface area contributed by atoms with Crippen LogP contribution in [0.2, 0.25) is 0 Å². The first kappa shape index (κ1) is 12.8. The fourth-order valence-corrected chi connectivity index (χ4v) is 5.48. The van der Waals surface area contributed by atoms with Gasteiger partial charge in [0, 0.05) is 6.92 Å². The molecule has 1 atom stereocenters. The van der Waals surface area contributed by atoms with Crippen LogP contribution in [0.15, 0.2) is 4.52 Å². The lowest BCUT2D eigenvalue weighted by Crippen LogP contribution is -2.49. The van der Waals surface area contributed by atoms with Crippen molar-refractivity contribution in [1.82, 2.24) is 10.1 Å². The largest absolute Gasteiger partial charge is 0.340 e. The van der Waals surface area contributed by atoms with Crippen molar-refractivity contribution < 1.29 is 4.52 Å². The summed E-state index contributed by atoms with van der Waals surface area (Å²) in [5, 5.41) is 4.06. The first-order valence-corrected chi connectivity index (χ1v) is 8.11. The second kappa shape index (κ2) is 4.30. The Hall–Kier alpha value is -0.900. The predicted octanol–water partition coefficient (Wildman–Crippen LogP) is 3.01. The minimum atomic E-state index is -0.447. The lowest BCUT2D eigenvalue weighted by Gasteiger charge is -2.55. The molecule has 0 amide bonds. The number of aromatic nitrogens is 2. The highest BCUT2D eigenvalue weighted by Crippen LogP contribution is 2.58. The topological polar surface area (TPSA) is 64.9 Å². The van der Waals surface area contributed by atoms with Crippen molar-refractivity contribution >= 4 is 0 Å². The fraction of sp³-hybridized carbons (Fsp3) is 0.875. The van der Waals surface area contributed by atoms with Gasteiger partial charge in [-0.05, 0) is 75.0 Å². The molecule has 0 saturated heterocycles. The molecule has 4 nitrogen and oxygen atoms in total. The Labute approximate surface area is 120 Å². The molecular formula is C16H25N3O. The van der Waals surface area contributed by atoms with Crippen LogP contribution in [0, 0.1) is 36.5 Å². The van der Waals surface area contributed by atoms with E-state index < -0.39 is 5.54 Å². The number of hydrogen-bond acceptors (Lipinski definition) is 4. The molecular weight excluding hydrogens is 250 g/mol. The summed E-state index contributed by atoms with van der Waals surface area (Å²) < 4.78 is 5.12. The van der Waals surface area contributed by atoms with Crippen molar-refractivity contribution in [3.8, 4) is 0 Å². The van der Waals surface area contributed by atoms with Crippen LogP contribution in [-0.2, 0) is 5.54 Å². The van der Waals surface area contributed by atoms with E-state index >= 15 is 0 Å². The summed E-state index contributed by atoms with van der Waals surface area (Å²) in [6.45, 7) is 3.90. The van der Waals surface area contributed by atoms with Gasteiger partial charge in [-0.3, -0.25) is 0 Å². The number of nitrogens with zero attached hydrogens (tertiary/aromatic N) is 2. The highest BCUT2D eigenvalue weighted by molar-refractivity contribution is 5.06. The standard InChI is InChI=1S/C16H25N3O/c1-9-18-15(19-20-9)16(2,17)8-14-12-4-10-3-11(6-12)7-13(14)5-10/h10-14H,3-8,17H2,1-2H3. The summed E-state index contributed by atoms with van der Waals surface area (Å²) in [7, 11) is 0. The van der Waals surface area contributed by atoms with Gasteiger partial charge in [-0.15, -0.1) is 0 Å². The van der Waals surface area contributed by atoms with Gasteiger partial charge in [-0.2, -0.15) is 4.98 Å². The zero-order valence-corrected chi connectivity index (χ0v) is 12.5. The third kappa shape index (κ3) is 2.00. The Bertz CT molecular complexity index is 480. The molecule has 4 heteroatoms. The van der Waals surface area contributed by atoms with Crippen LogP contribution in [0.5, 0.6) is 0 Å². The lowest BCUT2D eigenvalue weighted by molar-refractivity contribution is -0.0478. The molecule has 2 N–H and O–H groups in total. The maximum Gasteiger partial charge on any atom is 0.223 e. The highest BCUT2D eigenvalue weighted by atomic mass is 16.5. The number of aryl methyl sites for hydroxylation is 1. The van der Waals surface area contributed by atoms with Gasteiger partial charge in [0.15, 0.2) is 5.82 Å². The zero-order chi connectivity index (χ0) is 13.9. The molecule has 1 unspecified atom stereocenters. The Morgan fingerprint density at radius 2 is 1.75 bits per heavy atom. The number of nitrogens with two attached hydrogens (primary N) is 1. The minimum absolute atomic E-state index is 0.447. The summed E-state index contributed by atoms with van der Waals surface area (Å²) >= 11 is 0. The van der Waals surface area contributed by atoms with Gasteiger partial charge in [0.1, 0.15) is 0 Å². The van der Waals surface area contributed by atoms with E-state index in [2.05, 4.69) is 17.1 Å². The predicted molar refractivity (Wildman–Crippen MR) is 75.7 cm³/mol. The molecule has 4 saturated carbocycles. The van der Waals surface area contributed by atoms with Crippen molar-refractivity contribution in [1.29, 1.82) is 0 Å². The molecule has 4 fully saturated rings. The molecule has 1 aromatic rings. The third-order valence-corrected chi connectivity index (χ3v) is 6.12. The van der Waals surface area contributed by atoms with Crippen LogP contribution >= 0.6 is 0 Å². The van der Waals surface area contributed by atoms with Gasteiger partial charge in [0.05, 0.1) is 5.54 Å². The highest BCUT2D eigenvalue weighted by Gasteiger charge is 2.49. The van der Waals surface area contributed by atoms with E-state index in [1.165, 1.54) is 32.1 Å². The Morgan fingerprint density at radius 1 is 1.15 bits per heavy atom. The van der Waals surface area contributed by atoms with Crippen LogP contribution in [-0.4, -0.2) is 10.1 Å². The molecule has 0 radical (unpaired) electrons. The van der Waals surface area contributed by atoms with E-state index in [1.807, 2.05) is 6.92 Å². The summed E-state index contributed by atoms with van der Waals surface area (Å²) in [5.74, 6) is 5.92. The van der Waals surface area contributed by atoms with Crippen LogP contribution in [0.1, 0.15) is 57.2 Å². The van der Waals surface area contributed by atoms with Crippen molar-refractivity contribution in [2.45, 2.75) is 57.9 Å². The van der Waals surface area contributed by atoms with Gasteiger partial charge in [-0.25, -0.2) is 0 Å². The number of hydrogen-bond donors (Lipinski definition) is 1. The van der Waals surface area contributed by atoms with E-state index in [0.29, 0.717) is 11.7 Å². The Morgan fingerprint density at radius 3 is 2.25 bits per heavy atom. The molecule has 0 spiro atoms. The molecule has 0 aliphatic heterocycles. The molecule has 0 aromatic carbocycles. The maximum absolute atomic E-state index is 6.55. The first-order valence-electron chi connectivity index (χ1n) is 8.11. The van der Waals surface area contributed by atoms with Crippen LogP contribution in [0.3, 0.4) is 0 Å². The summed E-state index contributed by atoms with van der Waals surface area (Å²) in [5.41, 5.74) is 6.10. The SMILES string of the molecule is Cc1nc(C(C)(N)CC2C3CC4CC(C3)CC2C4)no1. The van der Waals surface area contributed by atoms with Crippen molar-refractivity contribution in [3.63, 3.8) is 0 Å². The summed E-state index contributed by atoms with van der Waals surface area (Å²) in [6, 6.07) is 0. The van der Waals surface area contributed by atoms with Gasteiger partial charge in [0.2, 0.25) is 5.89 Å². The Balaban J connectivity index is 1.54. The normalized spacial score (nSPS) is 41.9. The quantitative estimate of drug-likeness (QED) is 0.921. The monoisotopic (exact) mass is 275 g/mol. The van der Waals surface area contributed by atoms with Gasteiger partial charge in [-0.1, -0.05) is 5.16 Å². The second-order valence-electron chi connectivity index (χ2n) is 7.85. The first-order chi connectivity index (χ1) is 9.51. The lowest BCUT2D eigenvalue weighted by atomic mass is 9.50. The molecule has 5 rings (SSSR count). The fourth-order valence-electron chi connectivity index (χ4n) is 5.48. The molecule has 4 aliphatic rings. The third-order valence-electron chi connectivity index (χ3n) is 6.12. The minimum Gasteiger partial charge on any atom is -0.340 e. The van der Waals surface area contributed by atoms with E-state index in [0.717, 1.165) is 36.0 Å². The van der Waals surface area contributed by atoms with Crippen LogP contribution in [0.25, 0.3) is 0 Å².